The van der Waals surface area contributed by atoms with Crippen LogP contribution in [0.4, 0.5) is 10.1 Å². The lowest BCUT2D eigenvalue weighted by atomic mass is 10.1. The van der Waals surface area contributed by atoms with Crippen molar-refractivity contribution in [2.75, 3.05) is 19.5 Å². The van der Waals surface area contributed by atoms with Crippen LogP contribution in [-0.2, 0) is 11.4 Å². The molecule has 7 heteroatoms. The summed E-state index contributed by atoms with van der Waals surface area (Å²) in [5.41, 5.74) is 1.87. The van der Waals surface area contributed by atoms with E-state index in [4.69, 9.17) is 14.2 Å². The first-order valence-corrected chi connectivity index (χ1v) is 9.65. The van der Waals surface area contributed by atoms with Crippen molar-refractivity contribution in [1.29, 1.82) is 5.26 Å². The average molecular weight is 432 g/mol. The lowest BCUT2D eigenvalue weighted by Crippen LogP contribution is -2.13. The van der Waals surface area contributed by atoms with E-state index in [0.717, 1.165) is 5.56 Å². The Labute approximate surface area is 185 Å². The van der Waals surface area contributed by atoms with Crippen LogP contribution >= 0.6 is 0 Å². The van der Waals surface area contributed by atoms with Gasteiger partial charge in [0.15, 0.2) is 11.5 Å². The van der Waals surface area contributed by atoms with Gasteiger partial charge in [-0.3, -0.25) is 4.79 Å². The molecule has 1 amide bonds. The number of ether oxygens (including phenoxy) is 3. The first kappa shape index (κ1) is 22.4. The molecule has 0 spiro atoms. The summed E-state index contributed by atoms with van der Waals surface area (Å²) in [5.74, 6) is 0.733. The maximum atomic E-state index is 13.0. The second kappa shape index (κ2) is 10.6. The molecule has 3 rings (SSSR count). The predicted molar refractivity (Wildman–Crippen MR) is 119 cm³/mol. The summed E-state index contributed by atoms with van der Waals surface area (Å²) in [7, 11) is 3.05. The smallest absolute Gasteiger partial charge is 0.266 e. The summed E-state index contributed by atoms with van der Waals surface area (Å²) in [4.78, 5) is 12.5. The van der Waals surface area contributed by atoms with Gasteiger partial charge in [-0.25, -0.2) is 4.39 Å². The molecule has 0 heterocycles. The quantitative estimate of drug-likeness (QED) is 0.402. The maximum absolute atomic E-state index is 13.0. The number of nitrogens with one attached hydrogen (secondary N) is 1. The van der Waals surface area contributed by atoms with Gasteiger partial charge in [0.2, 0.25) is 0 Å². The van der Waals surface area contributed by atoms with E-state index >= 15 is 0 Å². The van der Waals surface area contributed by atoms with E-state index in [1.54, 1.807) is 61.7 Å². The third-order valence-corrected chi connectivity index (χ3v) is 4.52. The van der Waals surface area contributed by atoms with Gasteiger partial charge in [0.1, 0.15) is 29.8 Å². The molecular weight excluding hydrogens is 411 g/mol. The van der Waals surface area contributed by atoms with Crippen molar-refractivity contribution in [3.8, 4) is 23.3 Å². The summed E-state index contributed by atoms with van der Waals surface area (Å²) in [6.07, 6.45) is 1.46. The zero-order valence-corrected chi connectivity index (χ0v) is 17.6. The molecule has 6 nitrogen and oxygen atoms in total. The Morgan fingerprint density at radius 3 is 2.34 bits per heavy atom. The zero-order chi connectivity index (χ0) is 22.9. The second-order valence-electron chi connectivity index (χ2n) is 6.68. The summed E-state index contributed by atoms with van der Waals surface area (Å²) >= 11 is 0. The van der Waals surface area contributed by atoms with Crippen molar-refractivity contribution < 1.29 is 23.4 Å². The van der Waals surface area contributed by atoms with Gasteiger partial charge in [0, 0.05) is 5.69 Å². The van der Waals surface area contributed by atoms with Crippen LogP contribution in [0.5, 0.6) is 17.2 Å². The van der Waals surface area contributed by atoms with E-state index < -0.39 is 5.91 Å². The monoisotopic (exact) mass is 432 g/mol. The normalized spacial score (nSPS) is 10.8. The number of hydrogen-bond donors (Lipinski definition) is 1. The van der Waals surface area contributed by atoms with Gasteiger partial charge in [0.25, 0.3) is 5.91 Å². The molecule has 0 atom stereocenters. The molecular formula is C25H21FN2O4. The van der Waals surface area contributed by atoms with Crippen LogP contribution in [0.3, 0.4) is 0 Å². The van der Waals surface area contributed by atoms with Gasteiger partial charge in [-0.05, 0) is 65.7 Å². The molecule has 0 unspecified atom stereocenters. The molecule has 3 aromatic carbocycles. The zero-order valence-electron chi connectivity index (χ0n) is 17.6. The minimum Gasteiger partial charge on any atom is -0.497 e. The Bertz CT molecular complexity index is 1150. The Morgan fingerprint density at radius 1 is 1.00 bits per heavy atom. The first-order valence-electron chi connectivity index (χ1n) is 9.65. The largest absolute Gasteiger partial charge is 0.497 e. The molecule has 0 fully saturated rings. The molecule has 0 aliphatic heterocycles. The number of carbonyl (C=O) groups is 1. The van der Waals surface area contributed by atoms with Crippen molar-refractivity contribution in [2.45, 2.75) is 6.61 Å². The Balaban J connectivity index is 1.72. The SMILES string of the molecule is COc1ccc(NC(=O)C(C#N)=Cc2ccc(OCc3ccc(F)cc3)c(OC)c2)cc1. The Hall–Kier alpha value is -4.31. The van der Waals surface area contributed by atoms with Crippen molar-refractivity contribution in [3.05, 3.63) is 89.2 Å². The summed E-state index contributed by atoms with van der Waals surface area (Å²) in [6.45, 7) is 0.236. The molecule has 32 heavy (non-hydrogen) atoms. The lowest BCUT2D eigenvalue weighted by molar-refractivity contribution is -0.112. The van der Waals surface area contributed by atoms with E-state index in [1.165, 1.54) is 25.3 Å². The standard InChI is InChI=1S/C25H21FN2O4/c1-30-22-10-8-21(9-11-22)28-25(29)19(15-27)13-18-5-12-23(24(14-18)31-2)32-16-17-3-6-20(26)7-4-17/h3-14H,16H2,1-2H3,(H,28,29). The number of carbonyl (C=O) groups excluding carboxylic acids is 1. The van der Waals surface area contributed by atoms with Gasteiger partial charge < -0.3 is 19.5 Å². The van der Waals surface area contributed by atoms with Crippen molar-refractivity contribution in [1.82, 2.24) is 0 Å². The fourth-order valence-corrected chi connectivity index (χ4v) is 2.82. The number of anilines is 1. The van der Waals surface area contributed by atoms with E-state index in [0.29, 0.717) is 28.5 Å². The predicted octanol–water partition coefficient (Wildman–Crippen LogP) is 4.97. The van der Waals surface area contributed by atoms with Crippen LogP contribution in [0.1, 0.15) is 11.1 Å². The fourth-order valence-electron chi connectivity index (χ4n) is 2.82. The summed E-state index contributed by atoms with van der Waals surface area (Å²) < 4.78 is 29.3. The number of methoxy groups -OCH3 is 2. The van der Waals surface area contributed by atoms with Gasteiger partial charge in [-0.2, -0.15) is 5.26 Å². The summed E-state index contributed by atoms with van der Waals surface area (Å²) in [6, 6.07) is 19.8. The van der Waals surface area contributed by atoms with Crippen molar-refractivity contribution in [3.63, 3.8) is 0 Å². The highest BCUT2D eigenvalue weighted by molar-refractivity contribution is 6.09. The van der Waals surface area contributed by atoms with E-state index in [1.807, 2.05) is 6.07 Å². The Morgan fingerprint density at radius 2 is 1.72 bits per heavy atom. The molecule has 1 N–H and O–H groups in total. The van der Waals surface area contributed by atoms with Crippen LogP contribution in [0.25, 0.3) is 6.08 Å². The van der Waals surface area contributed by atoms with Crippen LogP contribution < -0.4 is 19.5 Å². The highest BCUT2D eigenvalue weighted by atomic mass is 19.1. The number of amides is 1. The van der Waals surface area contributed by atoms with Crippen LogP contribution in [0.15, 0.2) is 72.3 Å². The molecule has 0 aliphatic rings. The lowest BCUT2D eigenvalue weighted by Gasteiger charge is -2.12. The fraction of sp³-hybridized carbons (Fsp3) is 0.120. The van der Waals surface area contributed by atoms with E-state index in [2.05, 4.69) is 5.32 Å². The number of rotatable bonds is 8. The van der Waals surface area contributed by atoms with Crippen LogP contribution in [0, 0.1) is 17.1 Å². The molecule has 0 radical (unpaired) electrons. The van der Waals surface area contributed by atoms with Gasteiger partial charge >= 0.3 is 0 Å². The molecule has 0 saturated heterocycles. The number of nitriles is 1. The minimum absolute atomic E-state index is 0.0668. The number of halogens is 1. The highest BCUT2D eigenvalue weighted by Gasteiger charge is 2.12. The second-order valence-corrected chi connectivity index (χ2v) is 6.68. The molecule has 0 saturated carbocycles. The molecule has 162 valence electrons. The first-order chi connectivity index (χ1) is 15.5. The van der Waals surface area contributed by atoms with E-state index in [9.17, 15) is 14.4 Å². The van der Waals surface area contributed by atoms with E-state index in [-0.39, 0.29) is 18.0 Å². The minimum atomic E-state index is -0.534. The topological polar surface area (TPSA) is 80.6 Å². The molecule has 3 aromatic rings. The number of benzene rings is 3. The van der Waals surface area contributed by atoms with Crippen molar-refractivity contribution >= 4 is 17.7 Å². The van der Waals surface area contributed by atoms with Crippen LogP contribution in [0.2, 0.25) is 0 Å². The van der Waals surface area contributed by atoms with Gasteiger partial charge in [0.05, 0.1) is 14.2 Å². The number of hydrogen-bond acceptors (Lipinski definition) is 5. The average Bonchev–Trinajstić information content (AvgIpc) is 2.82. The highest BCUT2D eigenvalue weighted by Crippen LogP contribution is 2.30. The van der Waals surface area contributed by atoms with Gasteiger partial charge in [-0.15, -0.1) is 0 Å². The molecule has 0 aliphatic carbocycles. The Kier molecular flexibility index (Phi) is 7.44. The molecule has 0 aromatic heterocycles. The van der Waals surface area contributed by atoms with Gasteiger partial charge in [-0.1, -0.05) is 18.2 Å². The van der Waals surface area contributed by atoms with Crippen LogP contribution in [-0.4, -0.2) is 20.1 Å². The third-order valence-electron chi connectivity index (χ3n) is 4.52. The van der Waals surface area contributed by atoms with Crippen molar-refractivity contribution in [2.24, 2.45) is 0 Å². The molecule has 0 bridgehead atoms. The maximum Gasteiger partial charge on any atom is 0.266 e. The third kappa shape index (κ3) is 5.86. The number of nitrogens with zero attached hydrogens (tertiary/aromatic N) is 1. The summed E-state index contributed by atoms with van der Waals surface area (Å²) in [5, 5.41) is 12.1.